The van der Waals surface area contributed by atoms with Crippen LogP contribution in [0.4, 0.5) is 5.95 Å². The molecule has 0 saturated carbocycles. The Balaban J connectivity index is 1.16. The van der Waals surface area contributed by atoms with Crippen molar-refractivity contribution in [2.45, 2.75) is 0 Å². The van der Waals surface area contributed by atoms with E-state index in [1.54, 1.807) is 4.68 Å². The molecule has 1 saturated heterocycles. The van der Waals surface area contributed by atoms with Gasteiger partial charge in [-0.15, -0.1) is 0 Å². The molecule has 5 heterocycles. The van der Waals surface area contributed by atoms with Gasteiger partial charge in [-0.25, -0.2) is 4.98 Å². The van der Waals surface area contributed by atoms with Crippen LogP contribution in [0.3, 0.4) is 0 Å². The first-order valence-corrected chi connectivity index (χ1v) is 14.5. The zero-order chi connectivity index (χ0) is 32.0. The average molecular weight is 630 g/mol. The van der Waals surface area contributed by atoms with Gasteiger partial charge in [-0.05, 0) is 28.6 Å². The second-order valence-corrected chi connectivity index (χ2v) is 10.2. The van der Waals surface area contributed by atoms with Crippen LogP contribution in [0.5, 0.6) is 5.75 Å². The minimum absolute atomic E-state index is 0.0995. The molecule has 17 nitrogen and oxygen atoms in total. The first-order valence-electron chi connectivity index (χ1n) is 14.5. The van der Waals surface area contributed by atoms with Crippen molar-refractivity contribution in [1.82, 2.24) is 50.6 Å². The van der Waals surface area contributed by atoms with Crippen LogP contribution in [0.15, 0.2) is 48.8 Å². The quantitative estimate of drug-likeness (QED) is 0.0829. The number of aromatic amines is 2. The molecule has 5 aromatic rings. The van der Waals surface area contributed by atoms with Crippen molar-refractivity contribution in [3.05, 3.63) is 60.0 Å². The number of amides is 2. The van der Waals surface area contributed by atoms with Crippen molar-refractivity contribution in [2.75, 3.05) is 64.6 Å². The second-order valence-electron chi connectivity index (χ2n) is 10.2. The number of tetrazole rings is 1. The molecule has 0 bridgehead atoms. The zero-order valence-corrected chi connectivity index (χ0v) is 24.8. The maximum atomic E-state index is 13.6. The van der Waals surface area contributed by atoms with Crippen LogP contribution in [-0.2, 0) is 9.53 Å². The predicted octanol–water partition coefficient (Wildman–Crippen LogP) is 0.208. The number of hydrogen-bond acceptors (Lipinski definition) is 12. The molecular formula is C29H31N11O6. The summed E-state index contributed by atoms with van der Waals surface area (Å²) in [7, 11) is 1.45. The van der Waals surface area contributed by atoms with Crippen LogP contribution < -0.4 is 15.0 Å². The monoisotopic (exact) mass is 629 g/mol. The van der Waals surface area contributed by atoms with E-state index < -0.39 is 17.6 Å². The highest BCUT2D eigenvalue weighted by atomic mass is 16.5. The van der Waals surface area contributed by atoms with E-state index >= 15 is 0 Å². The van der Waals surface area contributed by atoms with E-state index in [0.29, 0.717) is 60.2 Å². The molecule has 17 heteroatoms. The number of hydrogen-bond donors (Lipinski definition) is 4. The third-order valence-corrected chi connectivity index (χ3v) is 7.47. The van der Waals surface area contributed by atoms with Crippen molar-refractivity contribution in [1.29, 1.82) is 0 Å². The minimum atomic E-state index is -0.699. The number of benzene rings is 1. The number of ketones is 1. The zero-order valence-electron chi connectivity index (χ0n) is 24.8. The van der Waals surface area contributed by atoms with Crippen molar-refractivity contribution in [2.24, 2.45) is 0 Å². The molecule has 0 atom stereocenters. The van der Waals surface area contributed by atoms with E-state index in [0.717, 1.165) is 5.69 Å². The Morgan fingerprint density at radius 2 is 1.89 bits per heavy atom. The first-order chi connectivity index (χ1) is 22.5. The lowest BCUT2D eigenvalue weighted by Gasteiger charge is -2.34. The second kappa shape index (κ2) is 13.5. The molecule has 6 rings (SSSR count). The molecule has 1 aliphatic rings. The normalized spacial score (nSPS) is 13.3. The number of piperazine rings is 1. The summed E-state index contributed by atoms with van der Waals surface area (Å²) in [5.74, 6) is -0.900. The third-order valence-electron chi connectivity index (χ3n) is 7.47. The molecule has 4 aromatic heterocycles. The average Bonchev–Trinajstić information content (AvgIpc) is 3.88. The lowest BCUT2D eigenvalue weighted by molar-refractivity contribution is -0.126. The molecule has 1 aliphatic heterocycles. The minimum Gasteiger partial charge on any atom is -0.494 e. The molecular weight excluding hydrogens is 598 g/mol. The molecule has 0 radical (unpaired) electrons. The molecule has 1 fully saturated rings. The molecule has 1 aromatic carbocycles. The summed E-state index contributed by atoms with van der Waals surface area (Å²) >= 11 is 0. The lowest BCUT2D eigenvalue weighted by atomic mass is 10.1. The van der Waals surface area contributed by atoms with Gasteiger partial charge in [0.2, 0.25) is 5.95 Å². The van der Waals surface area contributed by atoms with E-state index in [2.05, 4.69) is 41.0 Å². The van der Waals surface area contributed by atoms with Gasteiger partial charge in [0.15, 0.2) is 0 Å². The van der Waals surface area contributed by atoms with Crippen molar-refractivity contribution >= 4 is 34.4 Å². The number of pyridine rings is 1. The molecule has 0 unspecified atom stereocenters. The van der Waals surface area contributed by atoms with E-state index in [1.165, 1.54) is 30.5 Å². The number of rotatable bonds is 12. The Morgan fingerprint density at radius 1 is 1.09 bits per heavy atom. The number of carbonyl (C=O) groups is 3. The standard InChI is InChI=1S/C29H31N11O6/c1-45-22-17-32-24(20-15-21(34-33-20)27(43)30-7-13-46-14-12-41)25-23(22)19(16-31-25)26(42)28(44)38-8-10-39(11-9-38)29-35-36-37-40(29)18-5-3-2-4-6-18/h2-6,15-17,31,41H,7-14H2,1H3,(H,30,43)(H,33,34). The van der Waals surface area contributed by atoms with Crippen molar-refractivity contribution < 1.29 is 29.0 Å². The van der Waals surface area contributed by atoms with Gasteiger partial charge in [-0.3, -0.25) is 19.5 Å². The fraction of sp³-hybridized carbons (Fsp3) is 0.310. The molecule has 2 amide bonds. The Hall–Kier alpha value is -5.68. The molecule has 46 heavy (non-hydrogen) atoms. The summed E-state index contributed by atoms with van der Waals surface area (Å²) in [6.07, 6.45) is 2.89. The van der Waals surface area contributed by atoms with Gasteiger partial charge in [0.05, 0.1) is 55.3 Å². The van der Waals surface area contributed by atoms with Crippen LogP contribution >= 0.6 is 0 Å². The van der Waals surface area contributed by atoms with Crippen LogP contribution in [0.25, 0.3) is 28.0 Å². The van der Waals surface area contributed by atoms with E-state index in [4.69, 9.17) is 14.6 Å². The highest BCUT2D eigenvalue weighted by Gasteiger charge is 2.31. The smallest absolute Gasteiger partial charge is 0.295 e. The maximum Gasteiger partial charge on any atom is 0.295 e. The number of Topliss-reactive ketones (excluding diaryl/α,β-unsaturated/α-hetero) is 1. The van der Waals surface area contributed by atoms with E-state index in [1.807, 2.05) is 35.2 Å². The number of methoxy groups -OCH3 is 1. The third kappa shape index (κ3) is 6.00. The fourth-order valence-electron chi connectivity index (χ4n) is 5.19. The highest BCUT2D eigenvalue weighted by Crippen LogP contribution is 2.34. The Kier molecular flexibility index (Phi) is 8.93. The molecule has 0 spiro atoms. The first kappa shape index (κ1) is 30.4. The highest BCUT2D eigenvalue weighted by molar-refractivity contribution is 6.45. The van der Waals surface area contributed by atoms with Gasteiger partial charge in [0, 0.05) is 38.9 Å². The van der Waals surface area contributed by atoms with Crippen LogP contribution in [0.1, 0.15) is 20.8 Å². The van der Waals surface area contributed by atoms with Crippen molar-refractivity contribution in [3.8, 4) is 22.8 Å². The Bertz CT molecular complexity index is 1840. The summed E-state index contributed by atoms with van der Waals surface area (Å²) in [5.41, 5.74) is 2.26. The van der Waals surface area contributed by atoms with Gasteiger partial charge < -0.3 is 34.7 Å². The molecule has 238 valence electrons. The summed E-state index contributed by atoms with van der Waals surface area (Å²) in [5, 5.41) is 30.9. The lowest BCUT2D eigenvalue weighted by Crippen LogP contribution is -2.51. The Morgan fingerprint density at radius 3 is 2.65 bits per heavy atom. The summed E-state index contributed by atoms with van der Waals surface area (Å²) < 4.78 is 12.3. The van der Waals surface area contributed by atoms with Gasteiger partial charge in [-0.2, -0.15) is 9.78 Å². The van der Waals surface area contributed by atoms with Gasteiger partial charge in [-0.1, -0.05) is 23.3 Å². The number of para-hydroxylation sites is 1. The number of aliphatic hydroxyl groups excluding tert-OH is 1. The van der Waals surface area contributed by atoms with Gasteiger partial charge in [0.25, 0.3) is 17.6 Å². The molecule has 4 N–H and O–H groups in total. The van der Waals surface area contributed by atoms with Gasteiger partial charge in [0.1, 0.15) is 22.8 Å². The number of H-pyrrole nitrogens is 2. The van der Waals surface area contributed by atoms with E-state index in [-0.39, 0.29) is 37.6 Å². The number of fused-ring (bicyclic) bond motifs is 1. The van der Waals surface area contributed by atoms with E-state index in [9.17, 15) is 14.4 Å². The number of carbonyl (C=O) groups excluding carboxylic acids is 3. The number of nitrogens with one attached hydrogen (secondary N) is 3. The number of nitrogens with zero attached hydrogens (tertiary/aromatic N) is 8. The molecule has 0 aliphatic carbocycles. The number of anilines is 1. The maximum absolute atomic E-state index is 13.6. The van der Waals surface area contributed by atoms with Crippen LogP contribution in [0, 0.1) is 0 Å². The number of ether oxygens (including phenoxy) is 2. The summed E-state index contributed by atoms with van der Waals surface area (Å²) in [4.78, 5) is 50.6. The topological polar surface area (TPSA) is 209 Å². The fourth-order valence-corrected chi connectivity index (χ4v) is 5.19. The van der Waals surface area contributed by atoms with Gasteiger partial charge >= 0.3 is 0 Å². The SMILES string of the molecule is COc1cnc(-c2cc(C(=O)NCCOCCO)[nH]n2)c2[nH]cc(C(=O)C(=O)N3CCN(c4nnnn4-c4ccccc4)CC3)c12. The van der Waals surface area contributed by atoms with Crippen molar-refractivity contribution in [3.63, 3.8) is 0 Å². The predicted molar refractivity (Wildman–Crippen MR) is 163 cm³/mol. The van der Waals surface area contributed by atoms with Crippen LogP contribution in [0.2, 0.25) is 0 Å². The summed E-state index contributed by atoms with van der Waals surface area (Å²) in [6.45, 7) is 2.03. The van der Waals surface area contributed by atoms with Crippen LogP contribution in [-0.4, -0.2) is 128 Å². The number of aromatic nitrogens is 8. The Labute approximate surface area is 261 Å². The number of aliphatic hydroxyl groups is 1. The largest absolute Gasteiger partial charge is 0.494 e. The summed E-state index contributed by atoms with van der Waals surface area (Å²) in [6, 6.07) is 11.0.